The van der Waals surface area contributed by atoms with E-state index in [4.69, 9.17) is 9.47 Å². The lowest BCUT2D eigenvalue weighted by Gasteiger charge is -2.55. The SMILES string of the molecule is C=CC(=O)C[S+](c1ccccc1)c1ccccc1.COCCOc1ccc([S+](c2ccccc2)c2ccccc2)cc1.O=C(C[S+](c1ccccc1)c1ccccc1)C12CC3CC(CC(C3)C1)C2.O=C(C[S+](c1ccccc1)c1ccccc1)C1CCCCC1.O=C(C[S+](c1ccccc1)c1ccccc1)c1ccc2ccccc2c1.O=C(C[S+](c1ccccc1)c1ccccc1)c1ccccc1. The van der Waals surface area contributed by atoms with Gasteiger partial charge in [-0.25, -0.2) is 0 Å². The molecule has 5 aliphatic rings. The van der Waals surface area contributed by atoms with E-state index in [1.807, 2.05) is 194 Å². The first-order chi connectivity index (χ1) is 67.9. The normalized spacial score (nSPS) is 15.5. The molecule has 7 nitrogen and oxygen atoms in total. The molecule has 0 saturated heterocycles. The Bertz CT molecular complexity index is 6110. The Morgan fingerprint density at radius 1 is 0.297 bits per heavy atom. The van der Waals surface area contributed by atoms with Crippen molar-refractivity contribution >= 4 is 105 Å². The van der Waals surface area contributed by atoms with Crippen LogP contribution in [0.15, 0.2) is 537 Å². The Morgan fingerprint density at radius 3 is 0.928 bits per heavy atom. The fourth-order valence-electron chi connectivity index (χ4n) is 18.8. The van der Waals surface area contributed by atoms with E-state index in [0.29, 0.717) is 59.5 Å². The quantitative estimate of drug-likeness (QED) is 0.0179. The van der Waals surface area contributed by atoms with Crippen molar-refractivity contribution in [3.05, 3.63) is 485 Å². The van der Waals surface area contributed by atoms with Gasteiger partial charge in [-0.05, 0) is 262 Å². The maximum Gasteiger partial charge on any atom is 0.212 e. The second-order valence-electron chi connectivity index (χ2n) is 34.9. The third kappa shape index (κ3) is 28.9. The predicted molar refractivity (Wildman–Crippen MR) is 579 cm³/mol. The number of carbonyl (C=O) groups is 5. The van der Waals surface area contributed by atoms with Crippen LogP contribution in [0, 0.1) is 29.1 Å². The highest BCUT2D eigenvalue weighted by Gasteiger charge is 2.56. The number of ether oxygens (including phenoxy) is 2. The van der Waals surface area contributed by atoms with Crippen LogP contribution >= 0.6 is 0 Å². The Kier molecular flexibility index (Phi) is 38.5. The summed E-state index contributed by atoms with van der Waals surface area (Å²) in [5, 5.41) is 2.27. The first-order valence-corrected chi connectivity index (χ1v) is 56.0. The zero-order chi connectivity index (χ0) is 95.1. The van der Waals surface area contributed by atoms with Crippen LogP contribution in [0.3, 0.4) is 0 Å². The van der Waals surface area contributed by atoms with Crippen molar-refractivity contribution in [1.82, 2.24) is 0 Å². The van der Waals surface area contributed by atoms with Gasteiger partial charge in [0, 0.05) is 29.6 Å². The molecule has 0 amide bonds. The van der Waals surface area contributed by atoms with E-state index in [1.54, 1.807) is 7.11 Å². The minimum absolute atomic E-state index is 0.0174. The zero-order valence-electron chi connectivity index (χ0n) is 78.5. The number of benzene rings is 16. The molecule has 0 spiro atoms. The van der Waals surface area contributed by atoms with Gasteiger partial charge in [0.1, 0.15) is 12.4 Å². The highest BCUT2D eigenvalue weighted by molar-refractivity contribution is 7.99. The molecule has 16 aromatic rings. The number of rotatable bonds is 32. The third-order valence-corrected chi connectivity index (χ3v) is 38.8. The highest BCUT2D eigenvalue weighted by Crippen LogP contribution is 2.61. The molecule has 0 unspecified atom stereocenters. The molecule has 0 heterocycles. The molecule has 13 heteroatoms. The lowest BCUT2D eigenvalue weighted by Crippen LogP contribution is -2.51. The van der Waals surface area contributed by atoms with Crippen molar-refractivity contribution in [3.63, 3.8) is 0 Å². The molecule has 5 saturated carbocycles. The molecule has 138 heavy (non-hydrogen) atoms. The first kappa shape index (κ1) is 100. The fraction of sp³-hybridized carbons (Fsp3) is 0.192. The van der Waals surface area contributed by atoms with Gasteiger partial charge in [-0.15, -0.1) is 0 Å². The smallest absolute Gasteiger partial charge is 0.212 e. The molecule has 0 aliphatic heterocycles. The number of Topliss-reactive ketones (excluding diaryl/α,β-unsaturated/α-hetero) is 4. The highest BCUT2D eigenvalue weighted by atomic mass is 32.2. The molecule has 16 aromatic carbocycles. The average molecular weight is 1930 g/mol. The van der Waals surface area contributed by atoms with Crippen molar-refractivity contribution in [2.75, 3.05) is 49.1 Å². The summed E-state index contributed by atoms with van der Waals surface area (Å²) in [6.07, 6.45) is 15.1. The van der Waals surface area contributed by atoms with Crippen LogP contribution in [-0.2, 0) is 84.5 Å². The van der Waals surface area contributed by atoms with E-state index in [-0.39, 0.29) is 88.1 Å². The number of carbonyl (C=O) groups excluding carboxylic acids is 5. The van der Waals surface area contributed by atoms with Crippen molar-refractivity contribution in [1.29, 1.82) is 0 Å². The maximum atomic E-state index is 13.7. The summed E-state index contributed by atoms with van der Waals surface area (Å²) < 4.78 is 10.7. The van der Waals surface area contributed by atoms with Gasteiger partial charge in [0.05, 0.1) is 72.0 Å². The van der Waals surface area contributed by atoms with E-state index >= 15 is 0 Å². The van der Waals surface area contributed by atoms with Crippen LogP contribution in [0.4, 0.5) is 0 Å². The molecule has 0 N–H and O–H groups in total. The van der Waals surface area contributed by atoms with Gasteiger partial charge in [0.25, 0.3) is 0 Å². The molecule has 4 bridgehead atoms. The van der Waals surface area contributed by atoms with E-state index in [0.717, 1.165) is 58.2 Å². The largest absolute Gasteiger partial charge is 0.491 e. The van der Waals surface area contributed by atoms with E-state index in [1.165, 1.54) is 128 Å². The van der Waals surface area contributed by atoms with Crippen LogP contribution in [0.5, 0.6) is 5.75 Å². The molecule has 0 atom stereocenters. The minimum Gasteiger partial charge on any atom is -0.491 e. The van der Waals surface area contributed by atoms with Gasteiger partial charge in [-0.1, -0.05) is 311 Å². The molecular weight excluding hydrogens is 1810 g/mol. The lowest BCUT2D eigenvalue weighted by molar-refractivity contribution is -0.141. The summed E-state index contributed by atoms with van der Waals surface area (Å²) in [6.45, 7) is 4.72. The number of allylic oxidation sites excluding steroid dienone is 1. The monoisotopic (exact) mass is 1930 g/mol. The Hall–Kier alpha value is -12.3. The van der Waals surface area contributed by atoms with Crippen LogP contribution in [0.1, 0.15) is 91.3 Å². The van der Waals surface area contributed by atoms with Gasteiger partial charge in [-0.2, -0.15) is 0 Å². The third-order valence-electron chi connectivity index (χ3n) is 25.3. The van der Waals surface area contributed by atoms with Gasteiger partial charge in [-0.3, -0.25) is 24.0 Å². The number of hydrogen-bond acceptors (Lipinski definition) is 7. The summed E-state index contributed by atoms with van der Waals surface area (Å²) in [5.74, 6) is 8.04. The summed E-state index contributed by atoms with van der Waals surface area (Å²) >= 11 is 0. The van der Waals surface area contributed by atoms with Gasteiger partial charge in [0.15, 0.2) is 104 Å². The predicted octanol–water partition coefficient (Wildman–Crippen LogP) is 29.0. The Labute approximate surface area is 834 Å². The van der Waals surface area contributed by atoms with Crippen LogP contribution in [0.25, 0.3) is 10.8 Å². The first-order valence-electron chi connectivity index (χ1n) is 47.8. The van der Waals surface area contributed by atoms with E-state index < -0.39 is 0 Å². The second kappa shape index (κ2) is 53.0. The van der Waals surface area contributed by atoms with Crippen molar-refractivity contribution in [2.45, 2.75) is 134 Å². The fourth-order valence-corrected chi connectivity index (χ4v) is 31.2. The number of methoxy groups -OCH3 is 1. The summed E-state index contributed by atoms with van der Waals surface area (Å²) in [6, 6.07) is 157. The summed E-state index contributed by atoms with van der Waals surface area (Å²) in [7, 11) is 0.593. The van der Waals surface area contributed by atoms with Crippen molar-refractivity contribution in [2.24, 2.45) is 29.1 Å². The molecule has 0 aromatic heterocycles. The zero-order valence-corrected chi connectivity index (χ0v) is 83.4. The minimum atomic E-state index is -0.265. The lowest BCUT2D eigenvalue weighted by atomic mass is 9.48. The van der Waals surface area contributed by atoms with E-state index in [2.05, 4.69) is 273 Å². The molecular formula is C125H122O7S6+6. The van der Waals surface area contributed by atoms with Crippen LogP contribution in [-0.4, -0.2) is 78.0 Å². The second-order valence-corrected chi connectivity index (χ2v) is 47.0. The van der Waals surface area contributed by atoms with Crippen molar-refractivity contribution in [3.8, 4) is 5.75 Å². The molecule has 5 fully saturated rings. The Balaban J connectivity index is 0.000000126. The number of hydrogen-bond donors (Lipinski definition) is 0. The molecule has 694 valence electrons. The Morgan fingerprint density at radius 2 is 0.587 bits per heavy atom. The van der Waals surface area contributed by atoms with Crippen molar-refractivity contribution < 1.29 is 33.4 Å². The van der Waals surface area contributed by atoms with Gasteiger partial charge < -0.3 is 9.47 Å². The van der Waals surface area contributed by atoms with Crippen LogP contribution < -0.4 is 4.74 Å². The average Bonchev–Trinajstić information content (AvgIpc) is 0.735. The number of ketones is 5. The van der Waals surface area contributed by atoms with Crippen LogP contribution in [0.2, 0.25) is 0 Å². The molecule has 0 radical (unpaired) electrons. The topological polar surface area (TPSA) is 104 Å². The van der Waals surface area contributed by atoms with E-state index in [9.17, 15) is 24.0 Å². The maximum absolute atomic E-state index is 13.7. The molecule has 21 rings (SSSR count). The van der Waals surface area contributed by atoms with Gasteiger partial charge in [0.2, 0.25) is 17.3 Å². The van der Waals surface area contributed by atoms with Gasteiger partial charge >= 0.3 is 0 Å². The standard InChI is InChI=1S/C24H27OS.C24H19OS.C21H21O2S.C20H23OS.C20H17OS.C16H15OS/c25-23(24-14-18-11-19(15-24)13-20(12-18)16-24)17-26(21-7-3-1-4-8-21)22-9-5-2-6-10-22;25-24(21-16-15-19-9-7-8-10-20(19)17-21)18-26(22-11-3-1-4-12-22)23-13-5-2-6-14-23;1-22-16-17-23-18-12-14-21(15-13-18)24(19-8-4-2-5-9-19)20-10-6-3-7-11-20;2*21-20(17-10-4-1-5-11-17)16-22(18-12-6-2-7-13-18)19-14-8-3-9-15-19;1-2-14(17)13-18(15-9-5-3-6-10-15)16-11-7-4-8-12-16/h1-10,18-20H,11-17H2;1-17H,18H2;2-15H,16-17H2,1H3;2-3,6-9,12-15,17H,1,4-5,10-11,16H2;1-15H,16H2;2-12H,1,13H2/q6*+1. The summed E-state index contributed by atoms with van der Waals surface area (Å²) in [4.78, 5) is 80.0. The molecule has 5 aliphatic carbocycles. The number of fused-ring (bicyclic) bond motifs is 1. The summed E-state index contributed by atoms with van der Waals surface area (Å²) in [5.41, 5.74) is 1.59.